The number of halogens is 3. The zero-order chi connectivity index (χ0) is 20.6. The molecule has 1 saturated heterocycles. The number of nitrogens with zero attached hydrogens (tertiary/aromatic N) is 2. The van der Waals surface area contributed by atoms with Crippen LogP contribution in [0.3, 0.4) is 0 Å². The lowest BCUT2D eigenvalue weighted by atomic mass is 9.81. The van der Waals surface area contributed by atoms with E-state index in [1.165, 1.54) is 19.1 Å². The van der Waals surface area contributed by atoms with Gasteiger partial charge < -0.3 is 20.1 Å². The maximum absolute atomic E-state index is 13.8. The van der Waals surface area contributed by atoms with Crippen molar-refractivity contribution in [2.24, 2.45) is 5.92 Å². The summed E-state index contributed by atoms with van der Waals surface area (Å²) >= 11 is 0. The monoisotopic (exact) mass is 389 g/mol. The molecule has 0 aliphatic carbocycles. The predicted molar refractivity (Wildman–Crippen MR) is 90.9 cm³/mol. The van der Waals surface area contributed by atoms with Crippen LogP contribution in [0.25, 0.3) is 0 Å². The molecular weight excluding hydrogens is 367 g/mol. The molecule has 1 aliphatic heterocycles. The number of aliphatic hydroxyl groups is 1. The van der Waals surface area contributed by atoms with Gasteiger partial charge >= 0.3 is 18.2 Å². The molecule has 0 aromatic heterocycles. The summed E-state index contributed by atoms with van der Waals surface area (Å²) in [6.07, 6.45) is -5.28. The van der Waals surface area contributed by atoms with Gasteiger partial charge in [-0.25, -0.2) is 4.79 Å². The summed E-state index contributed by atoms with van der Waals surface area (Å²) in [6, 6.07) is 3.68. The third kappa shape index (κ3) is 3.53. The van der Waals surface area contributed by atoms with Crippen LogP contribution >= 0.6 is 0 Å². The van der Waals surface area contributed by atoms with Gasteiger partial charge in [-0.1, -0.05) is 12.1 Å². The van der Waals surface area contributed by atoms with Gasteiger partial charge in [0.1, 0.15) is 5.92 Å². The van der Waals surface area contributed by atoms with Crippen LogP contribution in [-0.4, -0.2) is 61.7 Å². The number of carbonyl (C=O) groups is 2. The second kappa shape index (κ2) is 7.26. The lowest BCUT2D eigenvalue weighted by molar-refractivity contribution is -0.328. The fourth-order valence-electron chi connectivity index (χ4n) is 3.06. The number of carbonyl (C=O) groups excluding carboxylic acids is 2. The SMILES string of the molecule is CCOC(=O)[C@H]1[C@@H](c2ccc(N(C)C)cc2)NC(=O)N(C)[C@]1(O)C(F)(F)F. The number of anilines is 1. The summed E-state index contributed by atoms with van der Waals surface area (Å²) in [5.41, 5.74) is -2.70. The van der Waals surface area contributed by atoms with E-state index >= 15 is 0 Å². The molecule has 0 saturated carbocycles. The average Bonchev–Trinajstić information content (AvgIpc) is 2.58. The predicted octanol–water partition coefficient (Wildman–Crippen LogP) is 1.88. The van der Waals surface area contributed by atoms with Gasteiger partial charge in [0.2, 0.25) is 0 Å². The van der Waals surface area contributed by atoms with Crippen molar-refractivity contribution >= 4 is 17.7 Å². The first-order valence-corrected chi connectivity index (χ1v) is 8.22. The Hall–Kier alpha value is -2.49. The molecule has 1 fully saturated rings. The van der Waals surface area contributed by atoms with E-state index in [-0.39, 0.29) is 17.1 Å². The Labute approximate surface area is 154 Å². The first-order valence-electron chi connectivity index (χ1n) is 8.22. The number of esters is 1. The van der Waals surface area contributed by atoms with Crippen molar-refractivity contribution in [3.63, 3.8) is 0 Å². The van der Waals surface area contributed by atoms with E-state index in [1.54, 1.807) is 31.1 Å². The van der Waals surface area contributed by atoms with Crippen LogP contribution in [0.15, 0.2) is 24.3 Å². The molecule has 0 unspecified atom stereocenters. The van der Waals surface area contributed by atoms with Gasteiger partial charge in [0.05, 0.1) is 12.6 Å². The Morgan fingerprint density at radius 3 is 2.33 bits per heavy atom. The number of hydrogen-bond acceptors (Lipinski definition) is 5. The molecule has 150 valence electrons. The van der Waals surface area contributed by atoms with Crippen molar-refractivity contribution in [3.05, 3.63) is 29.8 Å². The molecule has 2 amide bonds. The van der Waals surface area contributed by atoms with Crippen LogP contribution in [0.5, 0.6) is 0 Å². The Bertz CT molecular complexity index is 708. The number of nitrogens with one attached hydrogen (secondary N) is 1. The molecule has 1 aromatic rings. The largest absolute Gasteiger partial charge is 0.466 e. The number of rotatable bonds is 4. The van der Waals surface area contributed by atoms with Crippen LogP contribution in [0.2, 0.25) is 0 Å². The maximum Gasteiger partial charge on any atom is 0.437 e. The molecule has 0 bridgehead atoms. The van der Waals surface area contributed by atoms with Crippen molar-refractivity contribution < 1.29 is 32.6 Å². The molecule has 0 spiro atoms. The van der Waals surface area contributed by atoms with Gasteiger partial charge in [-0.3, -0.25) is 9.69 Å². The van der Waals surface area contributed by atoms with Gasteiger partial charge in [-0.05, 0) is 24.6 Å². The molecular formula is C17H22F3N3O4. The second-order valence-corrected chi connectivity index (χ2v) is 6.43. The highest BCUT2D eigenvalue weighted by Gasteiger charge is 2.69. The average molecular weight is 389 g/mol. The summed E-state index contributed by atoms with van der Waals surface area (Å²) in [6.45, 7) is 1.27. The molecule has 1 aromatic carbocycles. The number of urea groups is 1. The van der Waals surface area contributed by atoms with Crippen LogP contribution < -0.4 is 10.2 Å². The van der Waals surface area contributed by atoms with Gasteiger partial charge in [-0.2, -0.15) is 13.2 Å². The zero-order valence-corrected chi connectivity index (χ0v) is 15.4. The minimum absolute atomic E-state index is 0.0826. The van der Waals surface area contributed by atoms with Crippen LogP contribution in [0.1, 0.15) is 18.5 Å². The molecule has 2 N–H and O–H groups in total. The van der Waals surface area contributed by atoms with Crippen LogP contribution in [-0.2, 0) is 9.53 Å². The van der Waals surface area contributed by atoms with Crippen LogP contribution in [0, 0.1) is 5.92 Å². The lowest BCUT2D eigenvalue weighted by Crippen LogP contribution is -2.73. The third-order valence-electron chi connectivity index (χ3n) is 4.59. The molecule has 3 atom stereocenters. The van der Waals surface area contributed by atoms with Gasteiger partial charge in [0, 0.05) is 26.8 Å². The topological polar surface area (TPSA) is 82.1 Å². The smallest absolute Gasteiger partial charge is 0.437 e. The fourth-order valence-corrected chi connectivity index (χ4v) is 3.06. The molecule has 2 rings (SSSR count). The Kier molecular flexibility index (Phi) is 5.60. The first kappa shape index (κ1) is 20.8. The van der Waals surface area contributed by atoms with Crippen LogP contribution in [0.4, 0.5) is 23.7 Å². The molecule has 10 heteroatoms. The third-order valence-corrected chi connectivity index (χ3v) is 4.59. The van der Waals surface area contributed by atoms with E-state index in [2.05, 4.69) is 5.32 Å². The number of benzene rings is 1. The normalized spacial score (nSPS) is 25.8. The van der Waals surface area contributed by atoms with Crippen molar-refractivity contribution in [1.82, 2.24) is 10.2 Å². The second-order valence-electron chi connectivity index (χ2n) is 6.43. The van der Waals surface area contributed by atoms with E-state index in [9.17, 15) is 27.9 Å². The van der Waals surface area contributed by atoms with Gasteiger partial charge in [0.15, 0.2) is 0 Å². The maximum atomic E-state index is 13.8. The summed E-state index contributed by atoms with van der Waals surface area (Å²) in [7, 11) is 4.35. The standard InChI is InChI=1S/C17H22F3N3O4/c1-5-27-14(24)12-13(10-6-8-11(9-7-10)22(2)3)21-15(25)23(4)16(12,26)17(18,19)20/h6-9,12-13,26H,5H2,1-4H3,(H,21,25)/t12-,13-,16-/m1/s1. The highest BCUT2D eigenvalue weighted by Crippen LogP contribution is 2.46. The fraction of sp³-hybridized carbons (Fsp3) is 0.529. The van der Waals surface area contributed by atoms with E-state index in [1.807, 2.05) is 0 Å². The van der Waals surface area contributed by atoms with Gasteiger partial charge in [-0.15, -0.1) is 0 Å². The highest BCUT2D eigenvalue weighted by molar-refractivity contribution is 5.83. The Balaban J connectivity index is 2.59. The molecule has 1 heterocycles. The van der Waals surface area contributed by atoms with Crippen molar-refractivity contribution in [2.75, 3.05) is 32.6 Å². The van der Waals surface area contributed by atoms with E-state index in [4.69, 9.17) is 4.74 Å². The highest BCUT2D eigenvalue weighted by atomic mass is 19.4. The summed E-state index contributed by atoms with van der Waals surface area (Å²) < 4.78 is 46.1. The number of alkyl halides is 3. The van der Waals surface area contributed by atoms with Gasteiger partial charge in [0.25, 0.3) is 5.72 Å². The minimum atomic E-state index is -5.28. The molecule has 1 aliphatic rings. The number of amides is 2. The lowest BCUT2D eigenvalue weighted by Gasteiger charge is -2.49. The van der Waals surface area contributed by atoms with E-state index < -0.39 is 35.9 Å². The Morgan fingerprint density at radius 2 is 1.89 bits per heavy atom. The Morgan fingerprint density at radius 1 is 1.33 bits per heavy atom. The zero-order valence-electron chi connectivity index (χ0n) is 15.4. The molecule has 0 radical (unpaired) electrons. The van der Waals surface area contributed by atoms with Crippen molar-refractivity contribution in [1.29, 1.82) is 0 Å². The summed E-state index contributed by atoms with van der Waals surface area (Å²) in [5.74, 6) is -3.36. The minimum Gasteiger partial charge on any atom is -0.466 e. The number of hydrogen-bond donors (Lipinski definition) is 2. The first-order chi connectivity index (χ1) is 12.4. The summed E-state index contributed by atoms with van der Waals surface area (Å²) in [4.78, 5) is 26.4. The molecule has 7 nitrogen and oxygen atoms in total. The molecule has 27 heavy (non-hydrogen) atoms. The summed E-state index contributed by atoms with van der Waals surface area (Å²) in [5, 5.41) is 12.9. The van der Waals surface area contributed by atoms with Crippen molar-refractivity contribution in [2.45, 2.75) is 24.9 Å². The van der Waals surface area contributed by atoms with Crippen molar-refractivity contribution in [3.8, 4) is 0 Å². The van der Waals surface area contributed by atoms with E-state index in [0.717, 1.165) is 12.7 Å². The number of ether oxygens (including phenoxy) is 1. The quantitative estimate of drug-likeness (QED) is 0.769. The van der Waals surface area contributed by atoms with E-state index in [0.29, 0.717) is 0 Å².